The molecule has 1 amide bonds. The summed E-state index contributed by atoms with van der Waals surface area (Å²) in [6.45, 7) is 4.16. The lowest BCUT2D eigenvalue weighted by Gasteiger charge is -2.17. The van der Waals surface area contributed by atoms with Gasteiger partial charge in [0.2, 0.25) is 0 Å². The number of nitrogens with one attached hydrogen (secondary N) is 1. The first-order chi connectivity index (χ1) is 15.4. The summed E-state index contributed by atoms with van der Waals surface area (Å²) in [4.78, 5) is 29.2. The predicted molar refractivity (Wildman–Crippen MR) is 121 cm³/mol. The van der Waals surface area contributed by atoms with E-state index in [4.69, 9.17) is 14.2 Å². The first-order valence-corrected chi connectivity index (χ1v) is 10.2. The van der Waals surface area contributed by atoms with Crippen LogP contribution in [0.5, 0.6) is 17.2 Å². The van der Waals surface area contributed by atoms with Crippen LogP contribution >= 0.6 is 0 Å². The van der Waals surface area contributed by atoms with Gasteiger partial charge >= 0.3 is 0 Å². The van der Waals surface area contributed by atoms with Crippen molar-refractivity contribution in [2.24, 2.45) is 0 Å². The highest BCUT2D eigenvalue weighted by Gasteiger charge is 2.16. The molecule has 0 aliphatic carbocycles. The van der Waals surface area contributed by atoms with Gasteiger partial charge in [-0.3, -0.25) is 14.2 Å². The number of carbonyl (C=O) groups is 1. The minimum Gasteiger partial charge on any atom is -0.497 e. The van der Waals surface area contributed by atoms with Gasteiger partial charge in [-0.25, -0.2) is 4.98 Å². The maximum atomic E-state index is 12.4. The third-order valence-corrected chi connectivity index (χ3v) is 4.91. The van der Waals surface area contributed by atoms with Crippen LogP contribution in [-0.2, 0) is 11.3 Å². The molecule has 1 unspecified atom stereocenters. The van der Waals surface area contributed by atoms with Crippen LogP contribution in [0.1, 0.15) is 12.5 Å². The van der Waals surface area contributed by atoms with Gasteiger partial charge in [0.05, 0.1) is 26.2 Å². The quantitative estimate of drug-likeness (QED) is 0.554. The molecule has 0 bridgehead atoms. The van der Waals surface area contributed by atoms with Crippen molar-refractivity contribution >= 4 is 5.91 Å². The monoisotopic (exact) mass is 437 g/mol. The Kier molecular flexibility index (Phi) is 7.49. The van der Waals surface area contributed by atoms with Crippen molar-refractivity contribution in [3.8, 4) is 28.5 Å². The largest absolute Gasteiger partial charge is 0.497 e. The maximum absolute atomic E-state index is 12.4. The van der Waals surface area contributed by atoms with E-state index >= 15 is 0 Å². The minimum absolute atomic E-state index is 0.200. The molecular formula is C24H27N3O5. The van der Waals surface area contributed by atoms with E-state index in [-0.39, 0.29) is 18.0 Å². The van der Waals surface area contributed by atoms with E-state index in [9.17, 15) is 9.59 Å². The molecule has 3 rings (SSSR count). The number of hydrogen-bond acceptors (Lipinski definition) is 6. The lowest BCUT2D eigenvalue weighted by molar-refractivity contribution is -0.127. The van der Waals surface area contributed by atoms with E-state index in [1.807, 2.05) is 43.3 Å². The Morgan fingerprint density at radius 1 is 1.06 bits per heavy atom. The molecule has 0 spiro atoms. The molecule has 3 aromatic rings. The highest BCUT2D eigenvalue weighted by atomic mass is 16.5. The van der Waals surface area contributed by atoms with Gasteiger partial charge in [-0.2, -0.15) is 0 Å². The number of hydrogen-bond donors (Lipinski definition) is 1. The topological polar surface area (TPSA) is 91.7 Å². The summed E-state index contributed by atoms with van der Waals surface area (Å²) in [5.41, 5.74) is 2.23. The van der Waals surface area contributed by atoms with E-state index in [1.165, 1.54) is 17.0 Å². The number of ether oxygens (including phenoxy) is 3. The van der Waals surface area contributed by atoms with Gasteiger partial charge in [0.1, 0.15) is 5.75 Å². The molecule has 0 aliphatic heterocycles. The zero-order valence-corrected chi connectivity index (χ0v) is 18.6. The number of aromatic nitrogens is 2. The van der Waals surface area contributed by atoms with E-state index in [0.29, 0.717) is 23.7 Å². The summed E-state index contributed by atoms with van der Waals surface area (Å²) in [5.74, 6) is 1.51. The van der Waals surface area contributed by atoms with Crippen LogP contribution in [-0.4, -0.2) is 42.3 Å². The van der Waals surface area contributed by atoms with Gasteiger partial charge in [0.25, 0.3) is 11.5 Å². The van der Waals surface area contributed by atoms with Crippen LogP contribution in [0.25, 0.3) is 11.3 Å². The molecule has 32 heavy (non-hydrogen) atoms. The molecule has 1 aromatic heterocycles. The van der Waals surface area contributed by atoms with Gasteiger partial charge in [0, 0.05) is 24.7 Å². The van der Waals surface area contributed by atoms with Gasteiger partial charge in [-0.1, -0.05) is 6.07 Å². The number of amides is 1. The zero-order valence-electron chi connectivity index (χ0n) is 18.6. The van der Waals surface area contributed by atoms with Crippen molar-refractivity contribution in [1.82, 2.24) is 14.9 Å². The summed E-state index contributed by atoms with van der Waals surface area (Å²) >= 11 is 0. The van der Waals surface area contributed by atoms with Gasteiger partial charge in [0.15, 0.2) is 17.6 Å². The molecule has 168 valence electrons. The second-order valence-electron chi connectivity index (χ2n) is 7.24. The molecule has 1 heterocycles. The normalized spacial score (nSPS) is 11.5. The van der Waals surface area contributed by atoms with E-state index in [1.54, 1.807) is 27.2 Å². The van der Waals surface area contributed by atoms with Crippen molar-refractivity contribution in [2.45, 2.75) is 26.5 Å². The Morgan fingerprint density at radius 3 is 2.47 bits per heavy atom. The number of methoxy groups -OCH3 is 2. The summed E-state index contributed by atoms with van der Waals surface area (Å²) in [5, 5.41) is 2.78. The third kappa shape index (κ3) is 5.66. The molecule has 0 fully saturated rings. The zero-order chi connectivity index (χ0) is 23.1. The Hall–Kier alpha value is -3.81. The third-order valence-electron chi connectivity index (χ3n) is 4.91. The van der Waals surface area contributed by atoms with Crippen molar-refractivity contribution in [1.29, 1.82) is 0 Å². The number of benzene rings is 2. The van der Waals surface area contributed by atoms with Crippen LogP contribution in [0.3, 0.4) is 0 Å². The van der Waals surface area contributed by atoms with Crippen molar-refractivity contribution in [2.75, 3.05) is 20.8 Å². The van der Waals surface area contributed by atoms with Crippen molar-refractivity contribution < 1.29 is 19.0 Å². The molecular weight excluding hydrogens is 410 g/mol. The Balaban J connectivity index is 1.55. The smallest absolute Gasteiger partial charge is 0.260 e. The number of carbonyl (C=O) groups excluding carboxylic acids is 1. The SMILES string of the molecule is COc1ccc(-c2cc(=O)n(CCNC(=O)C(C)Oc3ccc(C)cc3OC)cn2)cc1. The fourth-order valence-corrected chi connectivity index (χ4v) is 3.07. The first-order valence-electron chi connectivity index (χ1n) is 10.2. The van der Waals surface area contributed by atoms with E-state index in [2.05, 4.69) is 10.3 Å². The lowest BCUT2D eigenvalue weighted by Crippen LogP contribution is -2.38. The lowest BCUT2D eigenvalue weighted by atomic mass is 10.1. The molecule has 0 radical (unpaired) electrons. The van der Waals surface area contributed by atoms with Crippen LogP contribution in [0.2, 0.25) is 0 Å². The van der Waals surface area contributed by atoms with E-state index in [0.717, 1.165) is 16.9 Å². The number of nitrogens with zero attached hydrogens (tertiary/aromatic N) is 2. The molecule has 0 saturated heterocycles. The molecule has 0 saturated carbocycles. The standard InChI is InChI=1S/C24H27N3O5/c1-16-5-10-21(22(13-16)31-4)32-17(2)24(29)25-11-12-27-15-26-20(14-23(27)28)18-6-8-19(30-3)9-7-18/h5-10,13-15,17H,11-12H2,1-4H3,(H,25,29). The van der Waals surface area contributed by atoms with Crippen LogP contribution in [0.15, 0.2) is 59.7 Å². The maximum Gasteiger partial charge on any atom is 0.260 e. The average molecular weight is 437 g/mol. The van der Waals surface area contributed by atoms with Gasteiger partial charge in [-0.05, 0) is 55.8 Å². The summed E-state index contributed by atoms with van der Waals surface area (Å²) in [6.07, 6.45) is 0.754. The van der Waals surface area contributed by atoms with Crippen molar-refractivity contribution in [3.63, 3.8) is 0 Å². The molecule has 0 aliphatic rings. The summed E-state index contributed by atoms with van der Waals surface area (Å²) < 4.78 is 17.6. The summed E-state index contributed by atoms with van der Waals surface area (Å²) in [6, 6.07) is 14.3. The van der Waals surface area contributed by atoms with E-state index < -0.39 is 6.10 Å². The Labute approximate surface area is 186 Å². The second-order valence-corrected chi connectivity index (χ2v) is 7.24. The molecule has 1 N–H and O–H groups in total. The molecule has 2 aromatic carbocycles. The van der Waals surface area contributed by atoms with Crippen molar-refractivity contribution in [3.05, 3.63) is 70.8 Å². The predicted octanol–water partition coefficient (Wildman–Crippen LogP) is 2.82. The fraction of sp³-hybridized carbons (Fsp3) is 0.292. The van der Waals surface area contributed by atoms with Crippen LogP contribution in [0.4, 0.5) is 0 Å². The average Bonchev–Trinajstić information content (AvgIpc) is 2.81. The molecule has 8 nitrogen and oxygen atoms in total. The first kappa shape index (κ1) is 22.9. The summed E-state index contributed by atoms with van der Waals surface area (Å²) in [7, 11) is 3.15. The van der Waals surface area contributed by atoms with Gasteiger partial charge in [-0.15, -0.1) is 0 Å². The van der Waals surface area contributed by atoms with Gasteiger partial charge < -0.3 is 19.5 Å². The number of aryl methyl sites for hydroxylation is 1. The highest BCUT2D eigenvalue weighted by molar-refractivity contribution is 5.80. The molecule has 1 atom stereocenters. The van der Waals surface area contributed by atoms with Crippen LogP contribution in [0, 0.1) is 6.92 Å². The highest BCUT2D eigenvalue weighted by Crippen LogP contribution is 2.28. The Morgan fingerprint density at radius 2 is 1.81 bits per heavy atom. The Bertz CT molecular complexity index is 1130. The van der Waals surface area contributed by atoms with Crippen LogP contribution < -0.4 is 25.1 Å². The second kappa shape index (κ2) is 10.5. The molecule has 8 heteroatoms. The minimum atomic E-state index is -0.723. The fourth-order valence-electron chi connectivity index (χ4n) is 3.07. The number of rotatable bonds is 9.